The molecule has 3 rings (SSSR count). The number of nitrogens with zero attached hydrogens (tertiary/aromatic N) is 2. The van der Waals surface area contributed by atoms with E-state index in [2.05, 4.69) is 4.98 Å². The van der Waals surface area contributed by atoms with Gasteiger partial charge in [-0.1, -0.05) is 18.2 Å². The first-order chi connectivity index (χ1) is 9.18. The molecule has 0 spiro atoms. The maximum absolute atomic E-state index is 12.4. The van der Waals surface area contributed by atoms with E-state index in [1.807, 2.05) is 6.07 Å². The van der Waals surface area contributed by atoms with Gasteiger partial charge in [0.1, 0.15) is 0 Å². The standard InChI is InChI=1S/C14H11N3O2/c15-11-8-16-6-5-12(11)17-13(18)7-9-3-1-2-4-10(9)14(17)19/h1-6,8H,7,15H2. The van der Waals surface area contributed by atoms with Crippen LogP contribution in [0.5, 0.6) is 0 Å². The number of pyridine rings is 1. The lowest BCUT2D eigenvalue weighted by Gasteiger charge is -2.27. The minimum atomic E-state index is -0.343. The van der Waals surface area contributed by atoms with Crippen molar-refractivity contribution >= 4 is 23.2 Å². The quantitative estimate of drug-likeness (QED) is 0.779. The summed E-state index contributed by atoms with van der Waals surface area (Å²) in [5.41, 5.74) is 7.78. The zero-order valence-corrected chi connectivity index (χ0v) is 10.0. The molecule has 0 aliphatic carbocycles. The summed E-state index contributed by atoms with van der Waals surface area (Å²) in [7, 11) is 0. The fourth-order valence-corrected chi connectivity index (χ4v) is 2.21. The second kappa shape index (κ2) is 4.20. The van der Waals surface area contributed by atoms with Gasteiger partial charge >= 0.3 is 0 Å². The van der Waals surface area contributed by atoms with Gasteiger partial charge in [0.25, 0.3) is 5.91 Å². The summed E-state index contributed by atoms with van der Waals surface area (Å²) >= 11 is 0. The Morgan fingerprint density at radius 3 is 2.74 bits per heavy atom. The van der Waals surface area contributed by atoms with Crippen molar-refractivity contribution in [2.75, 3.05) is 10.6 Å². The summed E-state index contributed by atoms with van der Waals surface area (Å²) in [6.45, 7) is 0. The molecule has 2 aromatic rings. The smallest absolute Gasteiger partial charge is 0.265 e. The number of anilines is 2. The van der Waals surface area contributed by atoms with Crippen LogP contribution in [0, 0.1) is 0 Å². The van der Waals surface area contributed by atoms with E-state index in [4.69, 9.17) is 5.73 Å². The molecule has 5 nitrogen and oxygen atoms in total. The van der Waals surface area contributed by atoms with Crippen molar-refractivity contribution in [1.29, 1.82) is 0 Å². The Labute approximate surface area is 109 Å². The van der Waals surface area contributed by atoms with Crippen LogP contribution in [0.2, 0.25) is 0 Å². The molecule has 2 amide bonds. The van der Waals surface area contributed by atoms with Gasteiger partial charge in [-0.2, -0.15) is 0 Å². The topological polar surface area (TPSA) is 76.3 Å². The van der Waals surface area contributed by atoms with Crippen molar-refractivity contribution in [2.24, 2.45) is 0 Å². The molecule has 5 heteroatoms. The Morgan fingerprint density at radius 2 is 1.95 bits per heavy atom. The Kier molecular flexibility index (Phi) is 2.52. The second-order valence-electron chi connectivity index (χ2n) is 4.30. The largest absolute Gasteiger partial charge is 0.396 e. The van der Waals surface area contributed by atoms with E-state index in [1.165, 1.54) is 12.4 Å². The highest BCUT2D eigenvalue weighted by atomic mass is 16.2. The number of rotatable bonds is 1. The fourth-order valence-electron chi connectivity index (χ4n) is 2.21. The molecule has 19 heavy (non-hydrogen) atoms. The number of carbonyl (C=O) groups excluding carboxylic acids is 2. The van der Waals surface area contributed by atoms with Crippen molar-refractivity contribution in [3.63, 3.8) is 0 Å². The van der Waals surface area contributed by atoms with Gasteiger partial charge in [-0.3, -0.25) is 14.6 Å². The van der Waals surface area contributed by atoms with Crippen molar-refractivity contribution in [3.8, 4) is 0 Å². The number of nitrogens with two attached hydrogens (primary N) is 1. The van der Waals surface area contributed by atoms with Gasteiger partial charge in [-0.15, -0.1) is 0 Å². The van der Waals surface area contributed by atoms with Gasteiger partial charge in [0.05, 0.1) is 24.0 Å². The van der Waals surface area contributed by atoms with Crippen LogP contribution >= 0.6 is 0 Å². The van der Waals surface area contributed by atoms with E-state index in [-0.39, 0.29) is 18.2 Å². The first-order valence-electron chi connectivity index (χ1n) is 5.83. The highest BCUT2D eigenvalue weighted by Crippen LogP contribution is 2.28. The van der Waals surface area contributed by atoms with E-state index in [9.17, 15) is 9.59 Å². The minimum Gasteiger partial charge on any atom is -0.396 e. The molecule has 0 radical (unpaired) electrons. The van der Waals surface area contributed by atoms with Crippen LogP contribution in [0.4, 0.5) is 11.4 Å². The molecule has 0 bridgehead atoms. The molecule has 1 aliphatic rings. The van der Waals surface area contributed by atoms with Crippen LogP contribution in [-0.2, 0) is 11.2 Å². The first kappa shape index (κ1) is 11.4. The number of fused-ring (bicyclic) bond motifs is 1. The number of hydrogen-bond acceptors (Lipinski definition) is 4. The lowest BCUT2D eigenvalue weighted by molar-refractivity contribution is -0.117. The minimum absolute atomic E-state index is 0.198. The van der Waals surface area contributed by atoms with E-state index >= 15 is 0 Å². The molecule has 1 aromatic heterocycles. The van der Waals surface area contributed by atoms with Crippen molar-refractivity contribution in [1.82, 2.24) is 4.98 Å². The van der Waals surface area contributed by atoms with Crippen molar-refractivity contribution < 1.29 is 9.59 Å². The van der Waals surface area contributed by atoms with Crippen LogP contribution in [-0.4, -0.2) is 16.8 Å². The van der Waals surface area contributed by atoms with Gasteiger partial charge in [0.2, 0.25) is 5.91 Å². The Morgan fingerprint density at radius 1 is 1.16 bits per heavy atom. The van der Waals surface area contributed by atoms with Gasteiger partial charge in [-0.25, -0.2) is 4.90 Å². The third-order valence-corrected chi connectivity index (χ3v) is 3.11. The monoisotopic (exact) mass is 253 g/mol. The summed E-state index contributed by atoms with van der Waals surface area (Å²) in [5, 5.41) is 0. The zero-order chi connectivity index (χ0) is 13.4. The predicted octanol–water partition coefficient (Wildman–Crippen LogP) is 1.39. The number of benzene rings is 1. The summed E-state index contributed by atoms with van der Waals surface area (Å²) < 4.78 is 0. The Balaban J connectivity index is 2.12. The molecule has 0 saturated heterocycles. The average Bonchev–Trinajstić information content (AvgIpc) is 2.41. The van der Waals surface area contributed by atoms with Gasteiger partial charge in [0, 0.05) is 11.8 Å². The maximum Gasteiger partial charge on any atom is 0.265 e. The molecule has 0 saturated carbocycles. The lowest BCUT2D eigenvalue weighted by Crippen LogP contribution is -2.42. The van der Waals surface area contributed by atoms with Crippen molar-refractivity contribution in [2.45, 2.75) is 6.42 Å². The number of nitrogen functional groups attached to an aromatic ring is 1. The summed E-state index contributed by atoms with van der Waals surface area (Å²) in [5.74, 6) is -0.619. The molecule has 0 unspecified atom stereocenters. The summed E-state index contributed by atoms with van der Waals surface area (Å²) in [4.78, 5) is 29.5. The fraction of sp³-hybridized carbons (Fsp3) is 0.0714. The van der Waals surface area contributed by atoms with Crippen LogP contribution < -0.4 is 10.6 Å². The third kappa shape index (κ3) is 1.76. The van der Waals surface area contributed by atoms with E-state index in [1.54, 1.807) is 24.3 Å². The molecule has 2 heterocycles. The number of hydrogen-bond donors (Lipinski definition) is 1. The predicted molar refractivity (Wildman–Crippen MR) is 70.6 cm³/mol. The summed E-state index contributed by atoms with van der Waals surface area (Å²) in [6, 6.07) is 8.67. The number of aromatic nitrogens is 1. The molecule has 0 fully saturated rings. The first-order valence-corrected chi connectivity index (χ1v) is 5.83. The molecule has 2 N–H and O–H groups in total. The van der Waals surface area contributed by atoms with Crippen molar-refractivity contribution in [3.05, 3.63) is 53.9 Å². The Hall–Kier alpha value is -2.69. The molecular weight excluding hydrogens is 242 g/mol. The van der Waals surface area contributed by atoms with Crippen LogP contribution in [0.25, 0.3) is 0 Å². The number of imide groups is 1. The van der Waals surface area contributed by atoms with Crippen LogP contribution in [0.3, 0.4) is 0 Å². The lowest BCUT2D eigenvalue weighted by atomic mass is 9.98. The Bertz CT molecular complexity index is 682. The maximum atomic E-state index is 12.4. The highest BCUT2D eigenvalue weighted by molar-refractivity contribution is 6.25. The molecule has 94 valence electrons. The van der Waals surface area contributed by atoms with E-state index < -0.39 is 0 Å². The van der Waals surface area contributed by atoms with Crippen LogP contribution in [0.1, 0.15) is 15.9 Å². The van der Waals surface area contributed by atoms with Crippen LogP contribution in [0.15, 0.2) is 42.7 Å². The normalized spacial score (nSPS) is 14.4. The van der Waals surface area contributed by atoms with Gasteiger partial charge < -0.3 is 5.73 Å². The van der Waals surface area contributed by atoms with Gasteiger partial charge in [0.15, 0.2) is 0 Å². The third-order valence-electron chi connectivity index (χ3n) is 3.11. The SMILES string of the molecule is Nc1cnccc1N1C(=O)Cc2ccccc2C1=O. The zero-order valence-electron chi connectivity index (χ0n) is 10.0. The second-order valence-corrected chi connectivity index (χ2v) is 4.30. The highest BCUT2D eigenvalue weighted by Gasteiger charge is 2.32. The molecule has 1 aromatic carbocycles. The number of carbonyl (C=O) groups is 2. The summed E-state index contributed by atoms with van der Waals surface area (Å²) in [6.07, 6.45) is 3.13. The van der Waals surface area contributed by atoms with E-state index in [0.717, 1.165) is 10.5 Å². The van der Waals surface area contributed by atoms with Gasteiger partial charge in [-0.05, 0) is 17.7 Å². The average molecular weight is 253 g/mol. The molecule has 1 aliphatic heterocycles. The molecular formula is C14H11N3O2. The molecule has 0 atom stereocenters. The van der Waals surface area contributed by atoms with E-state index in [0.29, 0.717) is 16.9 Å². The number of amides is 2.